The smallest absolute Gasteiger partial charge is 0.226 e. The van der Waals surface area contributed by atoms with Gasteiger partial charge in [0.15, 0.2) is 11.5 Å². The number of aryl methyl sites for hydroxylation is 1. The van der Waals surface area contributed by atoms with Crippen molar-refractivity contribution in [3.8, 4) is 17.2 Å². The van der Waals surface area contributed by atoms with E-state index in [4.69, 9.17) is 9.47 Å². The van der Waals surface area contributed by atoms with Crippen LogP contribution in [-0.4, -0.2) is 28.9 Å². The molecule has 1 amide bonds. The van der Waals surface area contributed by atoms with E-state index in [-0.39, 0.29) is 17.9 Å². The van der Waals surface area contributed by atoms with Crippen molar-refractivity contribution >= 4 is 11.7 Å². The lowest BCUT2D eigenvalue weighted by molar-refractivity contribution is -0.116. The molecule has 4 rings (SSSR count). The highest BCUT2D eigenvalue weighted by atomic mass is 16.5. The minimum Gasteiger partial charge on any atom is -0.493 e. The van der Waals surface area contributed by atoms with Crippen LogP contribution in [0.1, 0.15) is 49.8 Å². The molecule has 1 aliphatic heterocycles. The van der Waals surface area contributed by atoms with Crippen LogP contribution in [0.5, 0.6) is 11.5 Å². The van der Waals surface area contributed by atoms with Crippen LogP contribution >= 0.6 is 0 Å². The summed E-state index contributed by atoms with van der Waals surface area (Å²) in [4.78, 5) is 12.6. The highest BCUT2D eigenvalue weighted by Gasteiger charge is 2.31. The van der Waals surface area contributed by atoms with Gasteiger partial charge in [0.1, 0.15) is 5.82 Å². The van der Waals surface area contributed by atoms with Gasteiger partial charge < -0.3 is 14.8 Å². The van der Waals surface area contributed by atoms with Gasteiger partial charge in [0.2, 0.25) is 5.91 Å². The summed E-state index contributed by atoms with van der Waals surface area (Å²) in [5.74, 6) is 1.98. The van der Waals surface area contributed by atoms with Crippen LogP contribution in [0.4, 0.5) is 5.82 Å². The molecule has 6 nitrogen and oxygen atoms in total. The Morgan fingerprint density at radius 2 is 2.00 bits per heavy atom. The third-order valence-corrected chi connectivity index (χ3v) is 5.37. The summed E-state index contributed by atoms with van der Waals surface area (Å²) in [6, 6.07) is 14.0. The summed E-state index contributed by atoms with van der Waals surface area (Å²) in [6.45, 7) is 6.07. The number of hydrogen-bond acceptors (Lipinski definition) is 4. The number of rotatable bonds is 6. The van der Waals surface area contributed by atoms with Crippen molar-refractivity contribution in [3.63, 3.8) is 0 Å². The quantitative estimate of drug-likeness (QED) is 0.645. The van der Waals surface area contributed by atoms with Crippen LogP contribution in [0.3, 0.4) is 0 Å². The molecule has 2 heterocycles. The number of methoxy groups -OCH3 is 1. The topological polar surface area (TPSA) is 65.4 Å². The zero-order valence-electron chi connectivity index (χ0n) is 17.8. The van der Waals surface area contributed by atoms with Crippen LogP contribution in [0.15, 0.2) is 48.7 Å². The Bertz CT molecular complexity index is 1070. The van der Waals surface area contributed by atoms with Gasteiger partial charge >= 0.3 is 0 Å². The van der Waals surface area contributed by atoms with Gasteiger partial charge in [-0.3, -0.25) is 4.79 Å². The highest BCUT2D eigenvalue weighted by Crippen LogP contribution is 2.41. The Morgan fingerprint density at radius 1 is 1.20 bits per heavy atom. The summed E-state index contributed by atoms with van der Waals surface area (Å²) >= 11 is 0. The summed E-state index contributed by atoms with van der Waals surface area (Å²) in [6.07, 6.45) is 3.16. The lowest BCUT2D eigenvalue weighted by Gasteiger charge is -2.25. The Labute approximate surface area is 176 Å². The number of para-hydroxylation sites is 1. The molecular formula is C24H27N3O3. The van der Waals surface area contributed by atoms with E-state index in [1.54, 1.807) is 7.11 Å². The van der Waals surface area contributed by atoms with Crippen molar-refractivity contribution in [1.82, 2.24) is 9.78 Å². The molecule has 0 saturated heterocycles. The van der Waals surface area contributed by atoms with Gasteiger partial charge in [-0.2, -0.15) is 5.10 Å². The van der Waals surface area contributed by atoms with Gasteiger partial charge in [-0.15, -0.1) is 0 Å². The number of fused-ring (bicyclic) bond motifs is 1. The van der Waals surface area contributed by atoms with Crippen LogP contribution in [-0.2, 0) is 11.2 Å². The summed E-state index contributed by atoms with van der Waals surface area (Å²) < 4.78 is 13.2. The summed E-state index contributed by atoms with van der Waals surface area (Å²) in [5.41, 5.74) is 4.17. The lowest BCUT2D eigenvalue weighted by Crippen LogP contribution is -2.24. The van der Waals surface area contributed by atoms with E-state index in [9.17, 15) is 4.79 Å². The van der Waals surface area contributed by atoms with Gasteiger partial charge in [-0.1, -0.05) is 31.2 Å². The van der Waals surface area contributed by atoms with Crippen LogP contribution < -0.4 is 14.8 Å². The number of hydrogen-bond donors (Lipinski definition) is 1. The molecule has 2 aromatic carbocycles. The average molecular weight is 405 g/mol. The molecule has 6 heteroatoms. The molecule has 0 radical (unpaired) electrons. The monoisotopic (exact) mass is 405 g/mol. The van der Waals surface area contributed by atoms with Gasteiger partial charge in [0.25, 0.3) is 0 Å². The molecule has 1 unspecified atom stereocenters. The lowest BCUT2D eigenvalue weighted by atomic mass is 9.87. The first kappa shape index (κ1) is 20.0. The average Bonchev–Trinajstić information content (AvgIpc) is 3.16. The number of benzene rings is 2. The molecule has 1 atom stereocenters. The number of carbonyl (C=O) groups is 1. The molecular weight excluding hydrogens is 378 g/mol. The van der Waals surface area contributed by atoms with Crippen molar-refractivity contribution in [2.75, 3.05) is 12.4 Å². The highest BCUT2D eigenvalue weighted by molar-refractivity contribution is 5.94. The molecule has 0 fully saturated rings. The first-order chi connectivity index (χ1) is 14.5. The van der Waals surface area contributed by atoms with Gasteiger partial charge in [0, 0.05) is 17.9 Å². The normalized spacial score (nSPS) is 15.6. The van der Waals surface area contributed by atoms with Crippen LogP contribution in [0, 0.1) is 0 Å². The second-order valence-electron chi connectivity index (χ2n) is 7.72. The Morgan fingerprint density at radius 3 is 2.73 bits per heavy atom. The largest absolute Gasteiger partial charge is 0.493 e. The Balaban J connectivity index is 1.77. The SMILES string of the molecule is CCc1ccccc1-n1ncc2c1NC(=O)CC2c1ccc(OC(C)C)c(OC)c1. The molecule has 0 aliphatic carbocycles. The number of aromatic nitrogens is 2. The van der Waals surface area contributed by atoms with Gasteiger partial charge in [-0.25, -0.2) is 4.68 Å². The molecule has 0 spiro atoms. The zero-order valence-corrected chi connectivity index (χ0v) is 17.8. The first-order valence-electron chi connectivity index (χ1n) is 10.3. The second-order valence-corrected chi connectivity index (χ2v) is 7.72. The fourth-order valence-corrected chi connectivity index (χ4v) is 3.97. The maximum Gasteiger partial charge on any atom is 0.226 e. The van der Waals surface area contributed by atoms with Crippen molar-refractivity contribution in [1.29, 1.82) is 0 Å². The number of ether oxygens (including phenoxy) is 2. The minimum absolute atomic E-state index is 0.0234. The van der Waals surface area contributed by atoms with Crippen LogP contribution in [0.25, 0.3) is 5.69 Å². The molecule has 1 aliphatic rings. The Kier molecular flexibility index (Phi) is 5.48. The van der Waals surface area contributed by atoms with E-state index in [0.717, 1.165) is 29.1 Å². The predicted octanol–water partition coefficient (Wildman–Crippen LogP) is 4.70. The van der Waals surface area contributed by atoms with E-state index < -0.39 is 0 Å². The minimum atomic E-state index is -0.0988. The molecule has 1 N–H and O–H groups in total. The summed E-state index contributed by atoms with van der Waals surface area (Å²) in [5, 5.41) is 7.66. The molecule has 156 valence electrons. The first-order valence-corrected chi connectivity index (χ1v) is 10.3. The fraction of sp³-hybridized carbons (Fsp3) is 0.333. The summed E-state index contributed by atoms with van der Waals surface area (Å²) in [7, 11) is 1.63. The Hall–Kier alpha value is -3.28. The van der Waals surface area contributed by atoms with E-state index in [0.29, 0.717) is 17.9 Å². The van der Waals surface area contributed by atoms with Gasteiger partial charge in [-0.05, 0) is 49.6 Å². The van der Waals surface area contributed by atoms with Crippen molar-refractivity contribution in [3.05, 3.63) is 65.4 Å². The molecule has 1 aromatic heterocycles. The second kappa shape index (κ2) is 8.22. The number of nitrogens with one attached hydrogen (secondary N) is 1. The van der Waals surface area contributed by atoms with Crippen LogP contribution in [0.2, 0.25) is 0 Å². The van der Waals surface area contributed by atoms with E-state index >= 15 is 0 Å². The third-order valence-electron chi connectivity index (χ3n) is 5.37. The van der Waals surface area contributed by atoms with E-state index in [1.807, 2.05) is 61.1 Å². The maximum atomic E-state index is 12.6. The van der Waals surface area contributed by atoms with E-state index in [2.05, 4.69) is 23.4 Å². The molecule has 30 heavy (non-hydrogen) atoms. The number of nitrogens with zero attached hydrogens (tertiary/aromatic N) is 2. The van der Waals surface area contributed by atoms with Crippen molar-refractivity contribution in [2.45, 2.75) is 45.6 Å². The fourth-order valence-electron chi connectivity index (χ4n) is 3.97. The number of anilines is 1. The standard InChI is InChI=1S/C24H27N3O3/c1-5-16-8-6-7-9-20(16)27-24-19(14-25-27)18(13-23(28)26-24)17-10-11-21(30-15(2)3)22(12-17)29-4/h6-12,14-15,18H,5,13H2,1-4H3,(H,26,28). The zero-order chi connectivity index (χ0) is 21.3. The third kappa shape index (κ3) is 3.65. The van der Waals surface area contributed by atoms with E-state index in [1.165, 1.54) is 5.56 Å². The van der Waals surface area contributed by atoms with Crippen molar-refractivity contribution in [2.24, 2.45) is 0 Å². The number of carbonyl (C=O) groups excluding carboxylic acids is 1. The van der Waals surface area contributed by atoms with Gasteiger partial charge in [0.05, 0.1) is 25.1 Å². The number of amides is 1. The maximum absolute atomic E-state index is 12.6. The molecule has 3 aromatic rings. The molecule has 0 bridgehead atoms. The molecule has 0 saturated carbocycles. The van der Waals surface area contributed by atoms with Crippen molar-refractivity contribution < 1.29 is 14.3 Å². The predicted molar refractivity (Wildman–Crippen MR) is 117 cm³/mol.